The molecule has 0 amide bonds. The maximum absolute atomic E-state index is 12.3. The number of para-hydroxylation sites is 1. The third kappa shape index (κ3) is 3.31. The highest BCUT2D eigenvalue weighted by molar-refractivity contribution is 7.89. The molecule has 1 atom stereocenters. The third-order valence-corrected chi connectivity index (χ3v) is 6.13. The monoisotopic (exact) mass is 345 g/mol. The highest BCUT2D eigenvalue weighted by atomic mass is 32.2. The average molecular weight is 345 g/mol. The number of benzene rings is 2. The molecule has 0 bridgehead atoms. The number of anilines is 1. The van der Waals surface area contributed by atoms with Gasteiger partial charge in [-0.2, -0.15) is 0 Å². The third-order valence-electron chi connectivity index (χ3n) is 4.32. The molecule has 0 aromatic heterocycles. The van der Waals surface area contributed by atoms with Crippen molar-refractivity contribution >= 4 is 15.7 Å². The van der Waals surface area contributed by atoms with Crippen LogP contribution in [-0.2, 0) is 23.0 Å². The van der Waals surface area contributed by atoms with Crippen LogP contribution in [0.2, 0.25) is 0 Å². The molecule has 0 aliphatic carbocycles. The molecule has 0 saturated carbocycles. The summed E-state index contributed by atoms with van der Waals surface area (Å²) in [5, 5.41) is 0. The van der Waals surface area contributed by atoms with E-state index in [9.17, 15) is 8.42 Å². The van der Waals surface area contributed by atoms with Gasteiger partial charge in [-0.1, -0.05) is 30.3 Å². The first kappa shape index (κ1) is 17.0. The zero-order chi connectivity index (χ0) is 17.3. The van der Waals surface area contributed by atoms with Gasteiger partial charge in [0.2, 0.25) is 10.0 Å². The molecule has 0 saturated heterocycles. The Hall–Kier alpha value is -1.89. The van der Waals surface area contributed by atoms with E-state index in [0.717, 1.165) is 18.5 Å². The van der Waals surface area contributed by atoms with Gasteiger partial charge in [0, 0.05) is 38.9 Å². The lowest BCUT2D eigenvalue weighted by Crippen LogP contribution is -2.42. The molecular weight excluding hydrogens is 322 g/mol. The number of nitrogens with zero attached hydrogens (tertiary/aromatic N) is 2. The minimum absolute atomic E-state index is 0.0913. The Kier molecular flexibility index (Phi) is 4.62. The smallest absolute Gasteiger partial charge is 0.242 e. The van der Waals surface area contributed by atoms with E-state index in [-0.39, 0.29) is 6.04 Å². The van der Waals surface area contributed by atoms with Gasteiger partial charge in [-0.3, -0.25) is 0 Å². The van der Waals surface area contributed by atoms with Crippen molar-refractivity contribution in [3.63, 3.8) is 0 Å². The Morgan fingerprint density at radius 1 is 1.17 bits per heavy atom. The molecule has 0 fully saturated rings. The van der Waals surface area contributed by atoms with E-state index in [2.05, 4.69) is 17.0 Å². The summed E-state index contributed by atoms with van der Waals surface area (Å²) in [6.45, 7) is 1.41. The molecule has 1 unspecified atom stereocenters. The van der Waals surface area contributed by atoms with Crippen molar-refractivity contribution in [3.05, 3.63) is 59.7 Å². The molecule has 6 heteroatoms. The number of hydrogen-bond acceptors (Lipinski definition) is 4. The molecule has 24 heavy (non-hydrogen) atoms. The molecule has 3 rings (SSSR count). The maximum atomic E-state index is 12.3. The van der Waals surface area contributed by atoms with Crippen molar-refractivity contribution in [2.45, 2.75) is 23.9 Å². The van der Waals surface area contributed by atoms with E-state index >= 15 is 0 Å². The maximum Gasteiger partial charge on any atom is 0.242 e. The molecule has 2 aromatic carbocycles. The fourth-order valence-corrected chi connectivity index (χ4v) is 4.08. The second-order valence-electron chi connectivity index (χ2n) is 6.41. The van der Waals surface area contributed by atoms with Crippen molar-refractivity contribution in [1.82, 2.24) is 4.31 Å². The predicted molar refractivity (Wildman–Crippen MR) is 96.5 cm³/mol. The van der Waals surface area contributed by atoms with Gasteiger partial charge in [-0.15, -0.1) is 0 Å². The van der Waals surface area contributed by atoms with Crippen LogP contribution in [0, 0.1) is 0 Å². The molecule has 2 N–H and O–H groups in total. The Bertz CT molecular complexity index is 834. The number of nitrogens with two attached hydrogens (primary N) is 1. The van der Waals surface area contributed by atoms with Crippen LogP contribution in [-0.4, -0.2) is 39.4 Å². The van der Waals surface area contributed by atoms with Gasteiger partial charge >= 0.3 is 0 Å². The van der Waals surface area contributed by atoms with Crippen LogP contribution in [0.1, 0.15) is 11.1 Å². The first-order chi connectivity index (χ1) is 11.4. The van der Waals surface area contributed by atoms with E-state index in [1.54, 1.807) is 32.3 Å². The Labute approximate surface area is 143 Å². The summed E-state index contributed by atoms with van der Waals surface area (Å²) in [5.41, 5.74) is 9.57. The summed E-state index contributed by atoms with van der Waals surface area (Å²) >= 11 is 0. The lowest BCUT2D eigenvalue weighted by atomic mass is 9.98. The van der Waals surface area contributed by atoms with Crippen LogP contribution in [0.4, 0.5) is 5.69 Å². The highest BCUT2D eigenvalue weighted by Gasteiger charge is 2.22. The largest absolute Gasteiger partial charge is 0.365 e. The first-order valence-electron chi connectivity index (χ1n) is 7.98. The molecule has 5 nitrogen and oxygen atoms in total. The van der Waals surface area contributed by atoms with Gasteiger partial charge in [0.05, 0.1) is 4.90 Å². The lowest BCUT2D eigenvalue weighted by molar-refractivity contribution is 0.520. The standard InChI is InChI=1S/C18H23N3O2S/c1-20(2)24(22,23)17-8-5-6-14(10-17)12-21-13-16(19)11-15-7-3-4-9-18(15)21/h3-10,16H,11-13,19H2,1-2H3. The van der Waals surface area contributed by atoms with Gasteiger partial charge in [-0.25, -0.2) is 12.7 Å². The summed E-state index contributed by atoms with van der Waals surface area (Å²) in [7, 11) is -0.334. The molecule has 1 heterocycles. The fraction of sp³-hybridized carbons (Fsp3) is 0.333. The lowest BCUT2D eigenvalue weighted by Gasteiger charge is -2.34. The van der Waals surface area contributed by atoms with Gasteiger partial charge in [-0.05, 0) is 35.7 Å². The van der Waals surface area contributed by atoms with Crippen molar-refractivity contribution in [2.24, 2.45) is 5.73 Å². The van der Waals surface area contributed by atoms with E-state index in [4.69, 9.17) is 5.73 Å². The van der Waals surface area contributed by atoms with Gasteiger partial charge in [0.15, 0.2) is 0 Å². The topological polar surface area (TPSA) is 66.6 Å². The average Bonchev–Trinajstić information content (AvgIpc) is 2.55. The summed E-state index contributed by atoms with van der Waals surface area (Å²) in [6.07, 6.45) is 0.877. The number of hydrogen-bond donors (Lipinski definition) is 1. The van der Waals surface area contributed by atoms with E-state index in [0.29, 0.717) is 11.4 Å². The molecule has 1 aliphatic rings. The van der Waals surface area contributed by atoms with Crippen molar-refractivity contribution < 1.29 is 8.42 Å². The van der Waals surface area contributed by atoms with Crippen LogP contribution in [0.15, 0.2) is 53.4 Å². The molecule has 2 aromatic rings. The van der Waals surface area contributed by atoms with E-state index in [1.165, 1.54) is 15.6 Å². The van der Waals surface area contributed by atoms with Gasteiger partial charge in [0.1, 0.15) is 0 Å². The predicted octanol–water partition coefficient (Wildman–Crippen LogP) is 1.83. The number of fused-ring (bicyclic) bond motifs is 1. The minimum atomic E-state index is -3.42. The summed E-state index contributed by atoms with van der Waals surface area (Å²) in [4.78, 5) is 2.55. The van der Waals surface area contributed by atoms with Gasteiger partial charge < -0.3 is 10.6 Å². The number of sulfonamides is 1. The zero-order valence-corrected chi connectivity index (χ0v) is 14.8. The normalized spacial score (nSPS) is 17.8. The second-order valence-corrected chi connectivity index (χ2v) is 8.56. The summed E-state index contributed by atoms with van der Waals surface area (Å²) in [5.74, 6) is 0. The molecule has 128 valence electrons. The fourth-order valence-electron chi connectivity index (χ4n) is 3.11. The van der Waals surface area contributed by atoms with Gasteiger partial charge in [0.25, 0.3) is 0 Å². The SMILES string of the molecule is CN(C)S(=O)(=O)c1cccc(CN2CC(N)Cc3ccccc32)c1. The minimum Gasteiger partial charge on any atom is -0.365 e. The van der Waals surface area contributed by atoms with Crippen LogP contribution in [0.25, 0.3) is 0 Å². The molecule has 0 radical (unpaired) electrons. The molecule has 1 aliphatic heterocycles. The van der Waals surface area contributed by atoms with Crippen LogP contribution < -0.4 is 10.6 Å². The Morgan fingerprint density at radius 3 is 2.67 bits per heavy atom. The molecular formula is C18H23N3O2S. The highest BCUT2D eigenvalue weighted by Crippen LogP contribution is 2.28. The van der Waals surface area contributed by atoms with Crippen molar-refractivity contribution in [1.29, 1.82) is 0 Å². The number of rotatable bonds is 4. The van der Waals surface area contributed by atoms with Crippen LogP contribution in [0.5, 0.6) is 0 Å². The van der Waals surface area contributed by atoms with Crippen LogP contribution >= 0.6 is 0 Å². The first-order valence-corrected chi connectivity index (χ1v) is 9.42. The zero-order valence-electron chi connectivity index (χ0n) is 14.0. The van der Waals surface area contributed by atoms with Crippen molar-refractivity contribution in [3.8, 4) is 0 Å². The Balaban J connectivity index is 1.90. The quantitative estimate of drug-likeness (QED) is 0.918. The summed E-state index contributed by atoms with van der Waals surface area (Å²) in [6, 6.07) is 15.5. The Morgan fingerprint density at radius 2 is 1.92 bits per heavy atom. The summed E-state index contributed by atoms with van der Waals surface area (Å²) < 4.78 is 25.9. The van der Waals surface area contributed by atoms with E-state index in [1.807, 2.05) is 18.2 Å². The van der Waals surface area contributed by atoms with E-state index < -0.39 is 10.0 Å². The second kappa shape index (κ2) is 6.55. The molecule has 0 spiro atoms. The van der Waals surface area contributed by atoms with Crippen molar-refractivity contribution in [2.75, 3.05) is 25.5 Å². The van der Waals surface area contributed by atoms with Crippen LogP contribution in [0.3, 0.4) is 0 Å².